The van der Waals surface area contributed by atoms with Gasteiger partial charge in [-0.05, 0) is 40.8 Å². The van der Waals surface area contributed by atoms with E-state index in [0.29, 0.717) is 5.92 Å². The molecule has 2 heterocycles. The van der Waals surface area contributed by atoms with Crippen molar-refractivity contribution in [2.75, 3.05) is 0 Å². The number of pyridine rings is 1. The topological polar surface area (TPSA) is 56.5 Å². The molecule has 3 rings (SSSR count). The Bertz CT molecular complexity index is 476. The van der Waals surface area contributed by atoms with E-state index in [1.54, 1.807) is 6.33 Å². The number of hydrogen-bond acceptors (Lipinski definition) is 4. The third-order valence-electron chi connectivity index (χ3n) is 4.08. The average Bonchev–Trinajstić information content (AvgIpc) is 3.12. The van der Waals surface area contributed by atoms with Crippen molar-refractivity contribution in [3.8, 4) is 0 Å². The van der Waals surface area contributed by atoms with Crippen molar-refractivity contribution in [2.45, 2.75) is 38.6 Å². The van der Waals surface area contributed by atoms with E-state index >= 15 is 0 Å². The van der Waals surface area contributed by atoms with Gasteiger partial charge in [0.25, 0.3) is 0 Å². The van der Waals surface area contributed by atoms with Gasteiger partial charge in [0, 0.05) is 18.4 Å². The van der Waals surface area contributed by atoms with Gasteiger partial charge in [-0.2, -0.15) is 0 Å². The number of nitrogens with zero attached hydrogens (tertiary/aromatic N) is 5. The highest BCUT2D eigenvalue weighted by Gasteiger charge is 2.26. The van der Waals surface area contributed by atoms with Crippen LogP contribution in [0.4, 0.5) is 0 Å². The summed E-state index contributed by atoms with van der Waals surface area (Å²) in [4.78, 5) is 4.46. The summed E-state index contributed by atoms with van der Waals surface area (Å²) in [6, 6.07) is 6.14. The van der Waals surface area contributed by atoms with Crippen LogP contribution in [0.15, 0.2) is 30.7 Å². The second-order valence-corrected chi connectivity index (χ2v) is 5.36. The molecule has 2 aromatic rings. The minimum absolute atomic E-state index is 0.584. The zero-order chi connectivity index (χ0) is 12.9. The molecule has 0 bridgehead atoms. The Morgan fingerprint density at radius 3 is 2.84 bits per heavy atom. The molecule has 1 aliphatic carbocycles. The maximum absolute atomic E-state index is 4.46. The Morgan fingerprint density at radius 2 is 2.16 bits per heavy atom. The first-order valence-corrected chi connectivity index (χ1v) is 7.02. The predicted molar refractivity (Wildman–Crippen MR) is 71.2 cm³/mol. The third-order valence-corrected chi connectivity index (χ3v) is 4.08. The molecule has 1 fully saturated rings. The smallest absolute Gasteiger partial charge is 0.138 e. The van der Waals surface area contributed by atoms with E-state index in [9.17, 15) is 0 Å². The average molecular weight is 257 g/mol. The first-order valence-electron chi connectivity index (χ1n) is 7.02. The zero-order valence-electron chi connectivity index (χ0n) is 11.0. The van der Waals surface area contributed by atoms with Crippen LogP contribution in [0.25, 0.3) is 0 Å². The molecule has 0 radical (unpaired) electrons. The maximum Gasteiger partial charge on any atom is 0.138 e. The van der Waals surface area contributed by atoms with E-state index in [1.165, 1.54) is 31.4 Å². The summed E-state index contributed by atoms with van der Waals surface area (Å²) < 4.78 is 1.85. The van der Waals surface area contributed by atoms with Gasteiger partial charge in [-0.25, -0.2) is 4.68 Å². The SMILES string of the molecule is c1ccc(CC(Cn2cnnn2)C2CCCC2)nc1. The normalized spacial score (nSPS) is 17.7. The molecule has 100 valence electrons. The van der Waals surface area contributed by atoms with Crippen LogP contribution in [0.3, 0.4) is 0 Å². The highest BCUT2D eigenvalue weighted by molar-refractivity contribution is 5.04. The van der Waals surface area contributed by atoms with Crippen LogP contribution in [0.5, 0.6) is 0 Å². The van der Waals surface area contributed by atoms with Crippen LogP contribution >= 0.6 is 0 Å². The molecule has 0 aliphatic heterocycles. The molecule has 5 nitrogen and oxygen atoms in total. The van der Waals surface area contributed by atoms with Crippen molar-refractivity contribution < 1.29 is 0 Å². The summed E-state index contributed by atoms with van der Waals surface area (Å²) in [6.45, 7) is 0.897. The quantitative estimate of drug-likeness (QED) is 0.823. The largest absolute Gasteiger partial charge is 0.261 e. The monoisotopic (exact) mass is 257 g/mol. The number of tetrazole rings is 1. The molecular weight excluding hydrogens is 238 g/mol. The molecule has 1 aliphatic rings. The lowest BCUT2D eigenvalue weighted by atomic mass is 9.87. The molecule has 0 aromatic carbocycles. The summed E-state index contributed by atoms with van der Waals surface area (Å²) >= 11 is 0. The molecule has 0 amide bonds. The zero-order valence-corrected chi connectivity index (χ0v) is 11.0. The fourth-order valence-corrected chi connectivity index (χ4v) is 3.10. The summed E-state index contributed by atoms with van der Waals surface area (Å²) in [6.07, 6.45) is 9.99. The van der Waals surface area contributed by atoms with Crippen LogP contribution in [-0.4, -0.2) is 25.2 Å². The van der Waals surface area contributed by atoms with Crippen LogP contribution in [0, 0.1) is 11.8 Å². The molecular formula is C14H19N5. The molecule has 0 N–H and O–H groups in total. The molecule has 19 heavy (non-hydrogen) atoms. The second kappa shape index (κ2) is 5.91. The Hall–Kier alpha value is -1.78. The number of rotatable bonds is 5. The van der Waals surface area contributed by atoms with Crippen LogP contribution in [-0.2, 0) is 13.0 Å². The lowest BCUT2D eigenvalue weighted by Gasteiger charge is -2.22. The standard InChI is InChI=1S/C14H19N5/c1-2-6-12(5-1)13(10-19-11-16-17-18-19)9-14-7-3-4-8-15-14/h3-4,7-8,11-13H,1-2,5-6,9-10H2. The van der Waals surface area contributed by atoms with Crippen LogP contribution < -0.4 is 0 Å². The third kappa shape index (κ3) is 3.16. The van der Waals surface area contributed by atoms with Crippen molar-refractivity contribution >= 4 is 0 Å². The van der Waals surface area contributed by atoms with E-state index in [2.05, 4.69) is 32.6 Å². The Labute approximate surface area is 113 Å². The minimum atomic E-state index is 0.584. The molecule has 5 heteroatoms. The molecule has 1 saturated carbocycles. The minimum Gasteiger partial charge on any atom is -0.261 e. The predicted octanol–water partition coefficient (Wildman–Crippen LogP) is 2.12. The molecule has 0 saturated heterocycles. The summed E-state index contributed by atoms with van der Waals surface area (Å²) in [7, 11) is 0. The van der Waals surface area contributed by atoms with Gasteiger partial charge in [-0.15, -0.1) is 5.10 Å². The second-order valence-electron chi connectivity index (χ2n) is 5.36. The lowest BCUT2D eigenvalue weighted by molar-refractivity contribution is 0.281. The van der Waals surface area contributed by atoms with E-state index in [-0.39, 0.29) is 0 Å². The van der Waals surface area contributed by atoms with Crippen molar-refractivity contribution in [2.24, 2.45) is 11.8 Å². The van der Waals surface area contributed by atoms with Crippen molar-refractivity contribution in [1.82, 2.24) is 25.2 Å². The van der Waals surface area contributed by atoms with Crippen molar-refractivity contribution in [1.29, 1.82) is 0 Å². The highest BCUT2D eigenvalue weighted by atomic mass is 15.5. The summed E-state index contributed by atoms with van der Waals surface area (Å²) in [5, 5.41) is 11.5. The lowest BCUT2D eigenvalue weighted by Crippen LogP contribution is -2.22. The summed E-state index contributed by atoms with van der Waals surface area (Å²) in [5.41, 5.74) is 1.17. The first-order chi connectivity index (χ1) is 9.42. The highest BCUT2D eigenvalue weighted by Crippen LogP contribution is 2.33. The van der Waals surface area contributed by atoms with E-state index in [4.69, 9.17) is 0 Å². The van der Waals surface area contributed by atoms with Gasteiger partial charge in [-0.1, -0.05) is 31.7 Å². The Morgan fingerprint density at radius 1 is 1.26 bits per heavy atom. The molecule has 2 aromatic heterocycles. The van der Waals surface area contributed by atoms with Gasteiger partial charge >= 0.3 is 0 Å². The number of hydrogen-bond donors (Lipinski definition) is 0. The van der Waals surface area contributed by atoms with Crippen molar-refractivity contribution in [3.63, 3.8) is 0 Å². The van der Waals surface area contributed by atoms with Gasteiger partial charge in [0.05, 0.1) is 0 Å². The molecule has 1 unspecified atom stereocenters. The van der Waals surface area contributed by atoms with Gasteiger partial charge < -0.3 is 0 Å². The Balaban J connectivity index is 1.72. The van der Waals surface area contributed by atoms with E-state index in [1.807, 2.05) is 16.9 Å². The van der Waals surface area contributed by atoms with Gasteiger partial charge in [0.1, 0.15) is 6.33 Å². The Kier molecular flexibility index (Phi) is 3.81. The van der Waals surface area contributed by atoms with Crippen molar-refractivity contribution in [3.05, 3.63) is 36.4 Å². The van der Waals surface area contributed by atoms with Gasteiger partial charge in [-0.3, -0.25) is 4.98 Å². The maximum atomic E-state index is 4.46. The fraction of sp³-hybridized carbons (Fsp3) is 0.571. The fourth-order valence-electron chi connectivity index (χ4n) is 3.10. The molecule has 0 spiro atoms. The van der Waals surface area contributed by atoms with Crippen LogP contribution in [0.1, 0.15) is 31.4 Å². The van der Waals surface area contributed by atoms with E-state index < -0.39 is 0 Å². The van der Waals surface area contributed by atoms with Crippen LogP contribution in [0.2, 0.25) is 0 Å². The summed E-state index contributed by atoms with van der Waals surface area (Å²) in [5.74, 6) is 1.37. The molecule has 1 atom stereocenters. The first kappa shape index (κ1) is 12.3. The van der Waals surface area contributed by atoms with Gasteiger partial charge in [0.2, 0.25) is 0 Å². The van der Waals surface area contributed by atoms with Gasteiger partial charge in [0.15, 0.2) is 0 Å². The van der Waals surface area contributed by atoms with E-state index in [0.717, 1.165) is 18.9 Å². The number of aromatic nitrogens is 5.